The number of hydrogen-bond donors (Lipinski definition) is 1. The molecule has 1 N–H and O–H groups in total. The summed E-state index contributed by atoms with van der Waals surface area (Å²) < 4.78 is 4.47. The molecule has 0 heterocycles. The van der Waals surface area contributed by atoms with E-state index in [0.717, 1.165) is 6.29 Å². The lowest BCUT2D eigenvalue weighted by atomic mass is 10.1. The minimum absolute atomic E-state index is 0.265. The monoisotopic (exact) mass is 158 g/mol. The van der Waals surface area contributed by atoms with Gasteiger partial charge in [-0.25, -0.2) is 4.79 Å². The first-order valence-electron chi connectivity index (χ1n) is 3.35. The number of rotatable bonds is 2. The molecule has 0 aromatic carbocycles. The molecule has 62 valence electrons. The van der Waals surface area contributed by atoms with Crippen molar-refractivity contribution in [3.05, 3.63) is 0 Å². The third-order valence-electron chi connectivity index (χ3n) is 2.18. The maximum atomic E-state index is 10.3. The number of hydrogen-bond acceptors (Lipinski definition) is 3. The van der Waals surface area contributed by atoms with Crippen molar-refractivity contribution >= 4 is 12.4 Å². The molecule has 4 nitrogen and oxygen atoms in total. The Bertz CT molecular complexity index is 197. The normalized spacial score (nSPS) is 32.5. The van der Waals surface area contributed by atoms with Crippen LogP contribution in [0.4, 0.5) is 4.79 Å². The van der Waals surface area contributed by atoms with E-state index in [1.165, 1.54) is 0 Å². The summed E-state index contributed by atoms with van der Waals surface area (Å²) in [5.41, 5.74) is -0.305. The van der Waals surface area contributed by atoms with Gasteiger partial charge in [0.05, 0.1) is 5.92 Å². The molecule has 0 aromatic rings. The van der Waals surface area contributed by atoms with Crippen LogP contribution in [0.2, 0.25) is 0 Å². The van der Waals surface area contributed by atoms with Crippen molar-refractivity contribution in [1.29, 1.82) is 0 Å². The summed E-state index contributed by atoms with van der Waals surface area (Å²) >= 11 is 0. The van der Waals surface area contributed by atoms with Crippen LogP contribution in [0.5, 0.6) is 0 Å². The summed E-state index contributed by atoms with van der Waals surface area (Å²) in [6.45, 7) is 3.61. The van der Waals surface area contributed by atoms with E-state index < -0.39 is 12.3 Å². The third kappa shape index (κ3) is 1.20. The van der Waals surface area contributed by atoms with E-state index in [4.69, 9.17) is 5.11 Å². The summed E-state index contributed by atoms with van der Waals surface area (Å²) in [5, 5.41) is 8.23. The summed E-state index contributed by atoms with van der Waals surface area (Å²) in [5.74, 6) is -0.265. The SMILES string of the molecule is CC1(C)[C@H](C=O)[C@@H]1OC(=O)O. The van der Waals surface area contributed by atoms with Crippen LogP contribution in [-0.2, 0) is 9.53 Å². The number of ether oxygens (including phenoxy) is 1. The fraction of sp³-hybridized carbons (Fsp3) is 0.714. The largest absolute Gasteiger partial charge is 0.506 e. The molecule has 1 aliphatic rings. The quantitative estimate of drug-likeness (QED) is 0.479. The topological polar surface area (TPSA) is 63.6 Å². The molecule has 2 atom stereocenters. The third-order valence-corrected chi connectivity index (χ3v) is 2.18. The van der Waals surface area contributed by atoms with Crippen molar-refractivity contribution in [2.45, 2.75) is 20.0 Å². The molecule has 0 aromatic heterocycles. The van der Waals surface area contributed by atoms with Gasteiger partial charge in [0.1, 0.15) is 12.4 Å². The van der Waals surface area contributed by atoms with Gasteiger partial charge in [0.15, 0.2) is 0 Å². The fourth-order valence-electron chi connectivity index (χ4n) is 1.21. The Kier molecular flexibility index (Phi) is 1.62. The molecule has 1 saturated carbocycles. The number of carbonyl (C=O) groups excluding carboxylic acids is 1. The van der Waals surface area contributed by atoms with E-state index in [1.807, 2.05) is 0 Å². The van der Waals surface area contributed by atoms with Crippen LogP contribution in [0.15, 0.2) is 0 Å². The predicted molar refractivity (Wildman–Crippen MR) is 36.2 cm³/mol. The number of carbonyl (C=O) groups is 2. The Morgan fingerprint density at radius 1 is 1.64 bits per heavy atom. The maximum Gasteiger partial charge on any atom is 0.506 e. The second-order valence-electron chi connectivity index (χ2n) is 3.29. The molecule has 0 saturated heterocycles. The minimum Gasteiger partial charge on any atom is -0.450 e. The average Bonchev–Trinajstić information content (AvgIpc) is 2.33. The zero-order valence-corrected chi connectivity index (χ0v) is 6.40. The van der Waals surface area contributed by atoms with Crippen molar-refractivity contribution in [2.75, 3.05) is 0 Å². The summed E-state index contributed by atoms with van der Waals surface area (Å²) in [4.78, 5) is 20.4. The first-order valence-corrected chi connectivity index (χ1v) is 3.35. The maximum absolute atomic E-state index is 10.3. The van der Waals surface area contributed by atoms with Crippen molar-refractivity contribution in [3.8, 4) is 0 Å². The zero-order chi connectivity index (χ0) is 8.65. The molecule has 0 radical (unpaired) electrons. The molecule has 0 bridgehead atoms. The van der Waals surface area contributed by atoms with E-state index in [-0.39, 0.29) is 11.3 Å². The van der Waals surface area contributed by atoms with Gasteiger partial charge in [-0.05, 0) is 0 Å². The number of aldehydes is 1. The molecule has 4 heteroatoms. The molecule has 0 amide bonds. The predicted octanol–water partition coefficient (Wildman–Crippen LogP) is 0.905. The number of carboxylic acid groups (broad SMARTS) is 1. The van der Waals surface area contributed by atoms with Crippen molar-refractivity contribution in [1.82, 2.24) is 0 Å². The Morgan fingerprint density at radius 3 is 2.45 bits per heavy atom. The van der Waals surface area contributed by atoms with Gasteiger partial charge in [0.25, 0.3) is 0 Å². The Labute approximate surface area is 64.2 Å². The Balaban J connectivity index is 2.52. The molecular weight excluding hydrogens is 148 g/mol. The molecule has 0 unspecified atom stereocenters. The molecule has 1 fully saturated rings. The van der Waals surface area contributed by atoms with Crippen molar-refractivity contribution in [3.63, 3.8) is 0 Å². The minimum atomic E-state index is -1.31. The molecule has 1 rings (SSSR count). The zero-order valence-electron chi connectivity index (χ0n) is 6.40. The lowest BCUT2D eigenvalue weighted by Gasteiger charge is -1.99. The van der Waals surface area contributed by atoms with Gasteiger partial charge in [-0.15, -0.1) is 0 Å². The van der Waals surface area contributed by atoms with E-state index in [1.54, 1.807) is 13.8 Å². The van der Waals surface area contributed by atoms with Crippen LogP contribution in [0.1, 0.15) is 13.8 Å². The highest BCUT2D eigenvalue weighted by Crippen LogP contribution is 2.52. The Hall–Kier alpha value is -1.06. The van der Waals surface area contributed by atoms with Gasteiger partial charge in [0, 0.05) is 5.41 Å². The first-order chi connectivity index (χ1) is 5.00. The van der Waals surface area contributed by atoms with Crippen molar-refractivity contribution in [2.24, 2.45) is 11.3 Å². The highest BCUT2D eigenvalue weighted by Gasteiger charge is 2.61. The van der Waals surface area contributed by atoms with Crippen LogP contribution >= 0.6 is 0 Å². The van der Waals surface area contributed by atoms with Gasteiger partial charge in [-0.1, -0.05) is 13.8 Å². The average molecular weight is 158 g/mol. The molecular formula is C7H10O4. The molecule has 1 aliphatic carbocycles. The van der Waals surface area contributed by atoms with Gasteiger partial charge >= 0.3 is 6.16 Å². The lowest BCUT2D eigenvalue weighted by molar-refractivity contribution is -0.109. The highest BCUT2D eigenvalue weighted by molar-refractivity contribution is 5.65. The Morgan fingerprint density at radius 2 is 2.18 bits per heavy atom. The fourth-order valence-corrected chi connectivity index (χ4v) is 1.21. The standard InChI is InChI=1S/C7H10O4/c1-7(2)4(3-8)5(7)11-6(9)10/h3-5H,1-2H3,(H,9,10)/t4-,5+/m1/s1. The van der Waals surface area contributed by atoms with Crippen LogP contribution in [0.3, 0.4) is 0 Å². The molecule has 0 aliphatic heterocycles. The van der Waals surface area contributed by atoms with E-state index in [0.29, 0.717) is 0 Å². The van der Waals surface area contributed by atoms with Crippen LogP contribution in [-0.4, -0.2) is 23.7 Å². The summed E-state index contributed by atoms with van der Waals surface area (Å²) in [6.07, 6.45) is -1.02. The summed E-state index contributed by atoms with van der Waals surface area (Å²) in [6, 6.07) is 0. The second kappa shape index (κ2) is 2.22. The van der Waals surface area contributed by atoms with Crippen LogP contribution in [0.25, 0.3) is 0 Å². The van der Waals surface area contributed by atoms with Crippen LogP contribution < -0.4 is 0 Å². The van der Waals surface area contributed by atoms with E-state index in [2.05, 4.69) is 4.74 Å². The van der Waals surface area contributed by atoms with Crippen LogP contribution in [0, 0.1) is 11.3 Å². The van der Waals surface area contributed by atoms with Gasteiger partial charge < -0.3 is 14.6 Å². The van der Waals surface area contributed by atoms with E-state index >= 15 is 0 Å². The van der Waals surface area contributed by atoms with Gasteiger partial charge in [0.2, 0.25) is 0 Å². The van der Waals surface area contributed by atoms with Gasteiger partial charge in [-0.3, -0.25) is 0 Å². The smallest absolute Gasteiger partial charge is 0.450 e. The van der Waals surface area contributed by atoms with E-state index in [9.17, 15) is 9.59 Å². The molecule has 11 heavy (non-hydrogen) atoms. The second-order valence-corrected chi connectivity index (χ2v) is 3.29. The van der Waals surface area contributed by atoms with Gasteiger partial charge in [-0.2, -0.15) is 0 Å². The first kappa shape index (κ1) is 8.04. The lowest BCUT2D eigenvalue weighted by Crippen LogP contribution is -2.07. The molecule has 0 spiro atoms. The summed E-state index contributed by atoms with van der Waals surface area (Å²) in [7, 11) is 0. The van der Waals surface area contributed by atoms with Crippen molar-refractivity contribution < 1.29 is 19.4 Å². The highest BCUT2D eigenvalue weighted by atomic mass is 16.7.